The normalized spacial score (nSPS) is 13.1. The largest absolute Gasteiger partial charge is 0.145 e. The van der Waals surface area contributed by atoms with Crippen LogP contribution in [0.2, 0.25) is 5.02 Å². The molecule has 0 fully saturated rings. The van der Waals surface area contributed by atoms with Crippen LogP contribution in [0.4, 0.5) is 0 Å². The van der Waals surface area contributed by atoms with Gasteiger partial charge in [-0.2, -0.15) is 0 Å². The summed E-state index contributed by atoms with van der Waals surface area (Å²) in [4.78, 5) is 1.02. The Morgan fingerprint density at radius 2 is 1.88 bits per heavy atom. The molecule has 0 aliphatic rings. The molecule has 0 saturated carbocycles. The molecule has 2 heterocycles. The third kappa shape index (κ3) is 2.00. The molecule has 17 heavy (non-hydrogen) atoms. The second-order valence-electron chi connectivity index (χ2n) is 3.68. The monoisotopic (exact) mass is 298 g/mol. The summed E-state index contributed by atoms with van der Waals surface area (Å²) in [5.41, 5.74) is 1.15. The van der Waals surface area contributed by atoms with Crippen LogP contribution >= 0.6 is 45.9 Å². The van der Waals surface area contributed by atoms with E-state index in [0.717, 1.165) is 15.5 Å². The first-order chi connectivity index (χ1) is 8.27. The molecule has 3 aromatic rings. The maximum atomic E-state index is 6.53. The van der Waals surface area contributed by atoms with Crippen molar-refractivity contribution < 1.29 is 0 Å². The van der Waals surface area contributed by atoms with Gasteiger partial charge in [-0.3, -0.25) is 0 Å². The third-order valence-corrected chi connectivity index (χ3v) is 5.65. The Balaban J connectivity index is 2.13. The summed E-state index contributed by atoms with van der Waals surface area (Å²) in [6.07, 6.45) is 0. The van der Waals surface area contributed by atoms with Crippen LogP contribution in [0.5, 0.6) is 0 Å². The van der Waals surface area contributed by atoms with Crippen molar-refractivity contribution in [3.63, 3.8) is 0 Å². The quantitative estimate of drug-likeness (QED) is 0.513. The molecule has 1 unspecified atom stereocenters. The smallest absolute Gasteiger partial charge is 0.0956 e. The first kappa shape index (κ1) is 11.5. The Hall–Kier alpha value is -0.540. The molecule has 2 aromatic heterocycles. The first-order valence-corrected chi connectivity index (χ1v) is 7.68. The number of hydrogen-bond donors (Lipinski definition) is 0. The van der Waals surface area contributed by atoms with Gasteiger partial charge in [0.05, 0.1) is 10.4 Å². The zero-order valence-electron chi connectivity index (χ0n) is 8.69. The first-order valence-electron chi connectivity index (χ1n) is 5.10. The Labute approximate surface area is 117 Å². The Morgan fingerprint density at radius 3 is 2.65 bits per heavy atom. The standard InChI is InChI=1S/C13H8Cl2S2/c14-10-5-6-16-13(10)12(15)9-7-17-11-4-2-1-3-8(9)11/h1-7,12H. The summed E-state index contributed by atoms with van der Waals surface area (Å²) in [6.45, 7) is 0. The zero-order chi connectivity index (χ0) is 11.8. The van der Waals surface area contributed by atoms with Gasteiger partial charge in [0, 0.05) is 9.58 Å². The molecular weight excluding hydrogens is 291 g/mol. The Bertz CT molecular complexity index is 654. The van der Waals surface area contributed by atoms with E-state index < -0.39 is 0 Å². The van der Waals surface area contributed by atoms with Crippen LogP contribution in [-0.4, -0.2) is 0 Å². The van der Waals surface area contributed by atoms with E-state index in [1.165, 1.54) is 10.1 Å². The Kier molecular flexibility index (Phi) is 3.14. The van der Waals surface area contributed by atoms with Crippen molar-refractivity contribution in [2.24, 2.45) is 0 Å². The van der Waals surface area contributed by atoms with E-state index in [1.54, 1.807) is 22.7 Å². The minimum Gasteiger partial charge on any atom is -0.145 e. The van der Waals surface area contributed by atoms with Crippen LogP contribution in [0.1, 0.15) is 15.8 Å². The highest BCUT2D eigenvalue weighted by Gasteiger charge is 2.18. The van der Waals surface area contributed by atoms with E-state index >= 15 is 0 Å². The second kappa shape index (κ2) is 4.62. The summed E-state index contributed by atoms with van der Waals surface area (Å²) in [5.74, 6) is 0. The lowest BCUT2D eigenvalue weighted by molar-refractivity contribution is 1.22. The maximum absolute atomic E-state index is 6.53. The second-order valence-corrected chi connectivity index (χ2v) is 6.39. The molecule has 0 amide bonds. The lowest BCUT2D eigenvalue weighted by atomic mass is 10.1. The molecule has 0 spiro atoms. The molecule has 3 rings (SSSR count). The van der Waals surface area contributed by atoms with E-state index in [1.807, 2.05) is 23.6 Å². The Morgan fingerprint density at radius 1 is 1.06 bits per heavy atom. The number of fused-ring (bicyclic) bond motifs is 1. The lowest BCUT2D eigenvalue weighted by Gasteiger charge is -2.07. The number of halogens is 2. The van der Waals surface area contributed by atoms with E-state index in [-0.39, 0.29) is 5.38 Å². The molecule has 0 aliphatic heterocycles. The average Bonchev–Trinajstić information content (AvgIpc) is 2.94. The van der Waals surface area contributed by atoms with Gasteiger partial charge >= 0.3 is 0 Å². The fourth-order valence-corrected chi connectivity index (χ4v) is 4.55. The third-order valence-electron chi connectivity index (χ3n) is 2.66. The summed E-state index contributed by atoms with van der Waals surface area (Å²) in [7, 11) is 0. The van der Waals surface area contributed by atoms with Gasteiger partial charge in [-0.05, 0) is 33.8 Å². The lowest BCUT2D eigenvalue weighted by Crippen LogP contribution is -1.88. The van der Waals surface area contributed by atoms with Crippen LogP contribution in [0, 0.1) is 0 Å². The van der Waals surface area contributed by atoms with Crippen LogP contribution in [0.15, 0.2) is 41.1 Å². The molecule has 86 valence electrons. The minimum absolute atomic E-state index is 0.154. The highest BCUT2D eigenvalue weighted by Crippen LogP contribution is 2.41. The van der Waals surface area contributed by atoms with Gasteiger partial charge in [-0.1, -0.05) is 29.8 Å². The van der Waals surface area contributed by atoms with Crippen molar-refractivity contribution in [1.82, 2.24) is 0 Å². The van der Waals surface area contributed by atoms with Crippen LogP contribution in [0.3, 0.4) is 0 Å². The van der Waals surface area contributed by atoms with Crippen LogP contribution < -0.4 is 0 Å². The predicted molar refractivity (Wildman–Crippen MR) is 78.9 cm³/mol. The van der Waals surface area contributed by atoms with E-state index in [2.05, 4.69) is 17.5 Å². The summed E-state index contributed by atoms with van der Waals surface area (Å²) < 4.78 is 1.26. The maximum Gasteiger partial charge on any atom is 0.0956 e. The van der Waals surface area contributed by atoms with Crippen molar-refractivity contribution >= 4 is 56.0 Å². The van der Waals surface area contributed by atoms with Crippen molar-refractivity contribution in [1.29, 1.82) is 0 Å². The van der Waals surface area contributed by atoms with Gasteiger partial charge < -0.3 is 0 Å². The van der Waals surface area contributed by atoms with E-state index in [4.69, 9.17) is 23.2 Å². The van der Waals surface area contributed by atoms with Gasteiger partial charge in [0.15, 0.2) is 0 Å². The van der Waals surface area contributed by atoms with Gasteiger partial charge in [0.1, 0.15) is 0 Å². The van der Waals surface area contributed by atoms with Gasteiger partial charge in [0.2, 0.25) is 0 Å². The zero-order valence-corrected chi connectivity index (χ0v) is 11.8. The van der Waals surface area contributed by atoms with E-state index in [9.17, 15) is 0 Å². The van der Waals surface area contributed by atoms with Crippen molar-refractivity contribution in [3.8, 4) is 0 Å². The number of thiophene rings is 2. The molecule has 0 bridgehead atoms. The van der Waals surface area contributed by atoms with Crippen molar-refractivity contribution in [3.05, 3.63) is 56.6 Å². The molecule has 0 saturated heterocycles. The molecule has 0 N–H and O–H groups in total. The highest BCUT2D eigenvalue weighted by atomic mass is 35.5. The van der Waals surface area contributed by atoms with Gasteiger partial charge in [-0.25, -0.2) is 0 Å². The molecule has 0 aliphatic carbocycles. The molecule has 4 heteroatoms. The number of hydrogen-bond acceptors (Lipinski definition) is 2. The van der Waals surface area contributed by atoms with Gasteiger partial charge in [-0.15, -0.1) is 34.3 Å². The number of rotatable bonds is 2. The highest BCUT2D eigenvalue weighted by molar-refractivity contribution is 7.17. The molecule has 1 aromatic carbocycles. The summed E-state index contributed by atoms with van der Waals surface area (Å²) >= 11 is 16.0. The SMILES string of the molecule is Clc1ccsc1C(Cl)c1csc2ccccc12. The molecular formula is C13H8Cl2S2. The topological polar surface area (TPSA) is 0 Å². The fourth-order valence-electron chi connectivity index (χ4n) is 1.82. The van der Waals surface area contributed by atoms with Crippen LogP contribution in [0.25, 0.3) is 10.1 Å². The van der Waals surface area contributed by atoms with E-state index in [0.29, 0.717) is 0 Å². The van der Waals surface area contributed by atoms with Crippen LogP contribution in [-0.2, 0) is 0 Å². The number of benzene rings is 1. The minimum atomic E-state index is -0.154. The van der Waals surface area contributed by atoms with Crippen molar-refractivity contribution in [2.75, 3.05) is 0 Å². The molecule has 1 atom stereocenters. The fraction of sp³-hybridized carbons (Fsp3) is 0.0769. The van der Waals surface area contributed by atoms with Crippen molar-refractivity contribution in [2.45, 2.75) is 5.38 Å². The molecule has 0 nitrogen and oxygen atoms in total. The molecule has 0 radical (unpaired) electrons. The van der Waals surface area contributed by atoms with Gasteiger partial charge in [0.25, 0.3) is 0 Å². The number of alkyl halides is 1. The summed E-state index contributed by atoms with van der Waals surface area (Å²) in [5, 5.41) is 5.92. The average molecular weight is 299 g/mol. The summed E-state index contributed by atoms with van der Waals surface area (Å²) in [6, 6.07) is 10.2. The predicted octanol–water partition coefficient (Wildman–Crippen LogP) is 5.94.